The number of hydrogen-bond donors (Lipinski definition) is 2. The number of nitrogens with one attached hydrogen (secondary N) is 1. The van der Waals surface area contributed by atoms with Gasteiger partial charge in [-0.15, -0.1) is 0 Å². The summed E-state index contributed by atoms with van der Waals surface area (Å²) in [6, 6.07) is 8.82. The number of ether oxygens (including phenoxy) is 1. The first-order valence-electron chi connectivity index (χ1n) is 6.63. The number of hydrazine groups is 1. The number of benzene rings is 1. The molecule has 1 unspecified atom stereocenters. The standard InChI is InChI=1S/C15H26N2O/c1-5-18-11-10-14(17-16)12-6-8-13(9-7-12)15(2,3)4/h6-9,14,17H,5,10-11,16H2,1-4H3. The molecule has 0 heterocycles. The van der Waals surface area contributed by atoms with Crippen molar-refractivity contribution in [2.45, 2.75) is 45.6 Å². The lowest BCUT2D eigenvalue weighted by Gasteiger charge is -2.21. The zero-order chi connectivity index (χ0) is 13.6. The molecule has 3 N–H and O–H groups in total. The van der Waals surface area contributed by atoms with Gasteiger partial charge in [0.25, 0.3) is 0 Å². The van der Waals surface area contributed by atoms with Gasteiger partial charge in [-0.3, -0.25) is 11.3 Å². The molecule has 0 amide bonds. The van der Waals surface area contributed by atoms with E-state index in [1.54, 1.807) is 0 Å². The summed E-state index contributed by atoms with van der Waals surface area (Å²) in [5, 5.41) is 0. The van der Waals surface area contributed by atoms with Crippen molar-refractivity contribution in [1.82, 2.24) is 5.43 Å². The van der Waals surface area contributed by atoms with Gasteiger partial charge in [0.15, 0.2) is 0 Å². The molecule has 1 atom stereocenters. The van der Waals surface area contributed by atoms with E-state index in [2.05, 4.69) is 50.5 Å². The minimum absolute atomic E-state index is 0.158. The molecule has 1 aromatic rings. The second-order valence-electron chi connectivity index (χ2n) is 5.58. The lowest BCUT2D eigenvalue weighted by Crippen LogP contribution is -2.29. The molecule has 0 fully saturated rings. The summed E-state index contributed by atoms with van der Waals surface area (Å²) < 4.78 is 5.37. The molecule has 0 bridgehead atoms. The molecule has 3 heteroatoms. The average molecular weight is 250 g/mol. The van der Waals surface area contributed by atoms with E-state index in [9.17, 15) is 0 Å². The summed E-state index contributed by atoms with van der Waals surface area (Å²) >= 11 is 0. The van der Waals surface area contributed by atoms with Crippen LogP contribution in [-0.4, -0.2) is 13.2 Å². The molecular weight excluding hydrogens is 224 g/mol. The first kappa shape index (κ1) is 15.2. The Kier molecular flexibility index (Phi) is 5.79. The molecule has 1 rings (SSSR count). The smallest absolute Gasteiger partial charge is 0.0484 e. The Balaban J connectivity index is 2.69. The summed E-state index contributed by atoms with van der Waals surface area (Å²) in [4.78, 5) is 0. The molecule has 0 saturated heterocycles. The van der Waals surface area contributed by atoms with Crippen molar-refractivity contribution in [3.05, 3.63) is 35.4 Å². The van der Waals surface area contributed by atoms with Gasteiger partial charge in [0, 0.05) is 19.3 Å². The van der Waals surface area contributed by atoms with Gasteiger partial charge < -0.3 is 4.74 Å². The third-order valence-electron chi connectivity index (χ3n) is 3.14. The molecule has 1 aromatic carbocycles. The van der Waals surface area contributed by atoms with Crippen LogP contribution >= 0.6 is 0 Å². The van der Waals surface area contributed by atoms with Crippen molar-refractivity contribution in [3.63, 3.8) is 0 Å². The zero-order valence-corrected chi connectivity index (χ0v) is 12.0. The van der Waals surface area contributed by atoms with E-state index in [-0.39, 0.29) is 11.5 Å². The Labute approximate surface area is 111 Å². The molecule has 18 heavy (non-hydrogen) atoms. The molecule has 0 aliphatic carbocycles. The van der Waals surface area contributed by atoms with Crippen LogP contribution in [0.15, 0.2) is 24.3 Å². The van der Waals surface area contributed by atoms with Gasteiger partial charge in [0.05, 0.1) is 0 Å². The monoisotopic (exact) mass is 250 g/mol. The van der Waals surface area contributed by atoms with Crippen LogP contribution in [0.1, 0.15) is 51.3 Å². The van der Waals surface area contributed by atoms with Crippen LogP contribution in [0.2, 0.25) is 0 Å². The summed E-state index contributed by atoms with van der Waals surface area (Å²) in [5.41, 5.74) is 5.60. The SMILES string of the molecule is CCOCCC(NN)c1ccc(C(C)(C)C)cc1. The Morgan fingerprint density at radius 2 is 1.83 bits per heavy atom. The van der Waals surface area contributed by atoms with Gasteiger partial charge in [-0.25, -0.2) is 0 Å². The molecule has 0 aliphatic rings. The van der Waals surface area contributed by atoms with Gasteiger partial charge in [-0.1, -0.05) is 45.0 Å². The van der Waals surface area contributed by atoms with Crippen LogP contribution in [0.5, 0.6) is 0 Å². The summed E-state index contributed by atoms with van der Waals surface area (Å²) in [5.74, 6) is 5.61. The highest BCUT2D eigenvalue weighted by Gasteiger charge is 2.15. The molecule has 0 radical (unpaired) electrons. The largest absolute Gasteiger partial charge is 0.382 e. The van der Waals surface area contributed by atoms with Crippen molar-refractivity contribution in [2.75, 3.05) is 13.2 Å². The predicted octanol–water partition coefficient (Wildman–Crippen LogP) is 2.92. The highest BCUT2D eigenvalue weighted by Crippen LogP contribution is 2.24. The lowest BCUT2D eigenvalue weighted by atomic mass is 9.86. The quantitative estimate of drug-likeness (QED) is 0.463. The minimum atomic E-state index is 0.158. The maximum atomic E-state index is 5.61. The van der Waals surface area contributed by atoms with Crippen molar-refractivity contribution < 1.29 is 4.74 Å². The van der Waals surface area contributed by atoms with Crippen LogP contribution in [0, 0.1) is 0 Å². The molecule has 102 valence electrons. The third kappa shape index (κ3) is 4.41. The first-order valence-corrected chi connectivity index (χ1v) is 6.63. The molecule has 0 saturated carbocycles. The van der Waals surface area contributed by atoms with E-state index in [0.717, 1.165) is 19.6 Å². The summed E-state index contributed by atoms with van der Waals surface area (Å²) in [6.45, 7) is 10.1. The fourth-order valence-electron chi connectivity index (χ4n) is 1.91. The van der Waals surface area contributed by atoms with Gasteiger partial charge in [-0.2, -0.15) is 0 Å². The molecule has 3 nitrogen and oxygen atoms in total. The van der Waals surface area contributed by atoms with Gasteiger partial charge in [-0.05, 0) is 29.9 Å². The highest BCUT2D eigenvalue weighted by atomic mass is 16.5. The Hall–Kier alpha value is -0.900. The molecular formula is C15H26N2O. The van der Waals surface area contributed by atoms with Gasteiger partial charge in [0.1, 0.15) is 0 Å². The average Bonchev–Trinajstić information content (AvgIpc) is 2.34. The van der Waals surface area contributed by atoms with Gasteiger partial charge >= 0.3 is 0 Å². The Morgan fingerprint density at radius 1 is 1.22 bits per heavy atom. The Bertz CT molecular complexity index is 341. The van der Waals surface area contributed by atoms with E-state index < -0.39 is 0 Å². The number of nitrogens with two attached hydrogens (primary N) is 1. The summed E-state index contributed by atoms with van der Waals surface area (Å²) in [7, 11) is 0. The van der Waals surface area contributed by atoms with Crippen molar-refractivity contribution >= 4 is 0 Å². The van der Waals surface area contributed by atoms with E-state index in [0.29, 0.717) is 0 Å². The second kappa shape index (κ2) is 6.88. The van der Waals surface area contributed by atoms with Crippen molar-refractivity contribution in [3.8, 4) is 0 Å². The van der Waals surface area contributed by atoms with Crippen LogP contribution in [-0.2, 0) is 10.2 Å². The van der Waals surface area contributed by atoms with E-state index in [4.69, 9.17) is 10.6 Å². The summed E-state index contributed by atoms with van der Waals surface area (Å²) in [6.07, 6.45) is 0.888. The normalized spacial score (nSPS) is 13.6. The van der Waals surface area contributed by atoms with Crippen LogP contribution < -0.4 is 11.3 Å². The fraction of sp³-hybridized carbons (Fsp3) is 0.600. The van der Waals surface area contributed by atoms with Gasteiger partial charge in [0.2, 0.25) is 0 Å². The van der Waals surface area contributed by atoms with E-state index >= 15 is 0 Å². The first-order chi connectivity index (χ1) is 8.49. The lowest BCUT2D eigenvalue weighted by molar-refractivity contribution is 0.136. The second-order valence-corrected chi connectivity index (χ2v) is 5.58. The van der Waals surface area contributed by atoms with Crippen molar-refractivity contribution in [2.24, 2.45) is 5.84 Å². The van der Waals surface area contributed by atoms with Crippen LogP contribution in [0.25, 0.3) is 0 Å². The third-order valence-corrected chi connectivity index (χ3v) is 3.14. The molecule has 0 aliphatic heterocycles. The van der Waals surface area contributed by atoms with E-state index in [1.165, 1.54) is 11.1 Å². The van der Waals surface area contributed by atoms with Crippen molar-refractivity contribution in [1.29, 1.82) is 0 Å². The minimum Gasteiger partial charge on any atom is -0.382 e. The molecule has 0 spiro atoms. The fourth-order valence-corrected chi connectivity index (χ4v) is 1.91. The Morgan fingerprint density at radius 3 is 2.28 bits per heavy atom. The topological polar surface area (TPSA) is 47.3 Å². The maximum Gasteiger partial charge on any atom is 0.0484 e. The van der Waals surface area contributed by atoms with Crippen LogP contribution in [0.4, 0.5) is 0 Å². The number of hydrogen-bond acceptors (Lipinski definition) is 3. The predicted molar refractivity (Wildman–Crippen MR) is 76.3 cm³/mol. The molecule has 0 aromatic heterocycles. The van der Waals surface area contributed by atoms with E-state index in [1.807, 2.05) is 6.92 Å². The maximum absolute atomic E-state index is 5.61. The highest BCUT2D eigenvalue weighted by molar-refractivity contribution is 5.29. The van der Waals surface area contributed by atoms with Crippen LogP contribution in [0.3, 0.4) is 0 Å². The number of rotatable bonds is 6. The zero-order valence-electron chi connectivity index (χ0n) is 12.0.